The smallest absolute Gasteiger partial charge is 0.336 e. The molecule has 0 spiro atoms. The molecule has 1 heterocycles. The molecule has 0 amide bonds. The van der Waals surface area contributed by atoms with Crippen LogP contribution in [-0.4, -0.2) is 29.8 Å². The fourth-order valence-electron chi connectivity index (χ4n) is 2.97. The van der Waals surface area contributed by atoms with Crippen molar-refractivity contribution in [1.82, 2.24) is 0 Å². The Morgan fingerprint density at radius 3 is 2.79 bits per heavy atom. The largest absolute Gasteiger partial charge is 0.477 e. The van der Waals surface area contributed by atoms with Crippen LogP contribution in [0.3, 0.4) is 0 Å². The van der Waals surface area contributed by atoms with Gasteiger partial charge in [0.2, 0.25) is 0 Å². The molecule has 1 aromatic rings. The fourth-order valence-corrected chi connectivity index (χ4v) is 2.97. The lowest BCUT2D eigenvalue weighted by atomic mass is 10.1. The summed E-state index contributed by atoms with van der Waals surface area (Å²) in [6.45, 7) is 6.58. The average Bonchev–Trinajstić information content (AvgIpc) is 2.83. The Bertz CT molecular complexity index is 467. The molecule has 1 aliphatic rings. The minimum Gasteiger partial charge on any atom is -0.477 e. The highest BCUT2D eigenvalue weighted by molar-refractivity contribution is 5.14. The predicted octanol–water partition coefficient (Wildman–Crippen LogP) is 3.36. The van der Waals surface area contributed by atoms with Crippen LogP contribution in [-0.2, 0) is 11.3 Å². The Labute approximate surface area is 115 Å². The number of nitrogens with zero attached hydrogens (tertiary/aromatic N) is 1. The summed E-state index contributed by atoms with van der Waals surface area (Å²) in [6, 6.07) is 10.4. The number of aliphatic hydroxyl groups is 1. The Hall–Kier alpha value is -1.74. The van der Waals surface area contributed by atoms with Crippen molar-refractivity contribution < 1.29 is 14.3 Å². The molecule has 1 aromatic carbocycles. The number of ether oxygens (including phenoxy) is 1. The summed E-state index contributed by atoms with van der Waals surface area (Å²) < 4.78 is 5.79. The second-order valence-corrected chi connectivity index (χ2v) is 5.04. The van der Waals surface area contributed by atoms with Crippen molar-refractivity contribution >= 4 is 0 Å². The molecule has 102 valence electrons. The maximum Gasteiger partial charge on any atom is 0.336 e. The van der Waals surface area contributed by atoms with Gasteiger partial charge in [-0.25, -0.2) is 0 Å². The number of methoxy groups -OCH3 is 1. The van der Waals surface area contributed by atoms with Crippen LogP contribution in [0.2, 0.25) is 0 Å². The van der Waals surface area contributed by atoms with E-state index in [0.717, 1.165) is 42.7 Å². The summed E-state index contributed by atoms with van der Waals surface area (Å²) in [5, 5.41) is 10.0. The summed E-state index contributed by atoms with van der Waals surface area (Å²) in [5.74, 6) is 0.0790. The molecule has 2 rings (SSSR count). The molecular formula is C16H22NO2+. The molecule has 1 fully saturated rings. The van der Waals surface area contributed by atoms with Crippen molar-refractivity contribution in [1.29, 1.82) is 0 Å². The zero-order valence-electron chi connectivity index (χ0n) is 11.5. The first kappa shape index (κ1) is 13.7. The molecule has 0 unspecified atom stereocenters. The monoisotopic (exact) mass is 260 g/mol. The van der Waals surface area contributed by atoms with Crippen LogP contribution in [0.5, 0.6) is 0 Å². The first-order valence-electron chi connectivity index (χ1n) is 6.69. The van der Waals surface area contributed by atoms with Gasteiger partial charge in [0, 0.05) is 18.4 Å². The van der Waals surface area contributed by atoms with E-state index in [1.165, 1.54) is 12.7 Å². The van der Waals surface area contributed by atoms with Gasteiger partial charge in [-0.1, -0.05) is 36.9 Å². The number of quaternary nitrogens is 1. The van der Waals surface area contributed by atoms with Crippen molar-refractivity contribution in [2.24, 2.45) is 0 Å². The molecule has 0 aromatic heterocycles. The molecule has 1 atom stereocenters. The number of allylic oxidation sites excluding steroid dienone is 1. The highest BCUT2D eigenvalue weighted by Gasteiger charge is 2.40. The zero-order valence-corrected chi connectivity index (χ0v) is 11.5. The van der Waals surface area contributed by atoms with E-state index in [1.54, 1.807) is 0 Å². The van der Waals surface area contributed by atoms with Crippen LogP contribution in [0.4, 0.5) is 0 Å². The first-order valence-corrected chi connectivity index (χ1v) is 6.69. The van der Waals surface area contributed by atoms with E-state index >= 15 is 0 Å². The van der Waals surface area contributed by atoms with Gasteiger partial charge in [0.15, 0.2) is 5.70 Å². The third-order valence-corrected chi connectivity index (χ3v) is 3.82. The normalized spacial score (nSPS) is 25.1. The molecule has 0 aliphatic carbocycles. The van der Waals surface area contributed by atoms with Crippen LogP contribution in [0.1, 0.15) is 18.4 Å². The van der Waals surface area contributed by atoms with E-state index in [0.29, 0.717) is 0 Å². The fraction of sp³-hybridized carbons (Fsp3) is 0.375. The summed E-state index contributed by atoms with van der Waals surface area (Å²) in [7, 11) is 1.52. The minimum absolute atomic E-state index is 0.0790. The Balaban J connectivity index is 2.35. The van der Waals surface area contributed by atoms with E-state index in [9.17, 15) is 5.11 Å². The van der Waals surface area contributed by atoms with Gasteiger partial charge in [-0.05, 0) is 6.08 Å². The molecular weight excluding hydrogens is 238 g/mol. The number of likely N-dealkylation sites (tertiary alicyclic amines) is 1. The number of hydrogen-bond acceptors (Lipinski definition) is 2. The second-order valence-electron chi connectivity index (χ2n) is 5.04. The van der Waals surface area contributed by atoms with Crippen molar-refractivity contribution in [2.45, 2.75) is 19.4 Å². The van der Waals surface area contributed by atoms with Gasteiger partial charge in [-0.3, -0.25) is 4.48 Å². The Morgan fingerprint density at radius 1 is 1.42 bits per heavy atom. The Kier molecular flexibility index (Phi) is 4.27. The maximum absolute atomic E-state index is 10.0. The van der Waals surface area contributed by atoms with Crippen LogP contribution < -0.4 is 0 Å². The quantitative estimate of drug-likeness (QED) is 0.500. The van der Waals surface area contributed by atoms with Crippen molar-refractivity contribution in [3.05, 3.63) is 60.2 Å². The van der Waals surface area contributed by atoms with E-state index in [-0.39, 0.29) is 5.95 Å². The summed E-state index contributed by atoms with van der Waals surface area (Å²) in [4.78, 5) is 0. The van der Waals surface area contributed by atoms with Gasteiger partial charge < -0.3 is 9.84 Å². The van der Waals surface area contributed by atoms with E-state index < -0.39 is 0 Å². The molecule has 1 aliphatic heterocycles. The number of benzene rings is 1. The first-order chi connectivity index (χ1) is 9.22. The molecule has 3 heteroatoms. The number of rotatable bonds is 5. The average molecular weight is 260 g/mol. The summed E-state index contributed by atoms with van der Waals surface area (Å²) >= 11 is 0. The van der Waals surface area contributed by atoms with E-state index in [1.807, 2.05) is 12.1 Å². The Morgan fingerprint density at radius 2 is 2.16 bits per heavy atom. The minimum atomic E-state index is 0.0790. The van der Waals surface area contributed by atoms with Crippen LogP contribution in [0, 0.1) is 0 Å². The van der Waals surface area contributed by atoms with Crippen LogP contribution in [0.25, 0.3) is 0 Å². The highest BCUT2D eigenvalue weighted by Crippen LogP contribution is 2.35. The molecule has 3 nitrogen and oxygen atoms in total. The molecule has 0 bridgehead atoms. The summed E-state index contributed by atoms with van der Waals surface area (Å²) in [6.07, 6.45) is 3.89. The van der Waals surface area contributed by atoms with Gasteiger partial charge in [-0.15, -0.1) is 0 Å². The van der Waals surface area contributed by atoms with Crippen molar-refractivity contribution in [3.8, 4) is 0 Å². The van der Waals surface area contributed by atoms with Gasteiger partial charge in [0.25, 0.3) is 0 Å². The molecule has 0 saturated carbocycles. The summed E-state index contributed by atoms with van der Waals surface area (Å²) in [5.41, 5.74) is 2.26. The maximum atomic E-state index is 10.0. The van der Waals surface area contributed by atoms with E-state index in [4.69, 9.17) is 4.74 Å². The molecule has 1 saturated heterocycles. The van der Waals surface area contributed by atoms with Gasteiger partial charge in [0.1, 0.15) is 13.1 Å². The van der Waals surface area contributed by atoms with Gasteiger partial charge in [0.05, 0.1) is 13.7 Å². The standard InChI is InChI=1S/C16H21NO2/c1-3-11-17(13-14-8-5-4-6-9-14)12-7-10-15(17)16(18)19-2/h3-6,8-9H,1,7,10-13H2,2H3/p+1/b16-15-/t17-/m0/s1. The lowest BCUT2D eigenvalue weighted by molar-refractivity contribution is -0.892. The molecule has 1 N–H and O–H groups in total. The third-order valence-electron chi connectivity index (χ3n) is 3.82. The third kappa shape index (κ3) is 2.82. The lowest BCUT2D eigenvalue weighted by Crippen LogP contribution is -2.43. The van der Waals surface area contributed by atoms with Gasteiger partial charge in [-0.2, -0.15) is 0 Å². The highest BCUT2D eigenvalue weighted by atomic mass is 16.6. The lowest BCUT2D eigenvalue weighted by Gasteiger charge is -2.34. The second kappa shape index (κ2) is 5.93. The topological polar surface area (TPSA) is 29.5 Å². The van der Waals surface area contributed by atoms with E-state index in [2.05, 4.69) is 30.8 Å². The molecule has 0 radical (unpaired) electrons. The van der Waals surface area contributed by atoms with Crippen LogP contribution in [0.15, 0.2) is 54.6 Å². The predicted molar refractivity (Wildman–Crippen MR) is 76.2 cm³/mol. The van der Waals surface area contributed by atoms with Crippen molar-refractivity contribution in [2.75, 3.05) is 20.2 Å². The number of hydrogen-bond donors (Lipinski definition) is 1. The molecule has 19 heavy (non-hydrogen) atoms. The zero-order chi connectivity index (χ0) is 13.7. The van der Waals surface area contributed by atoms with Crippen molar-refractivity contribution in [3.63, 3.8) is 0 Å². The number of aliphatic hydroxyl groups excluding tert-OH is 1. The SMILES string of the molecule is C=CC[N@@+]1(Cc2ccccc2)CCC/C1=C(\O)OC. The van der Waals surface area contributed by atoms with Gasteiger partial charge >= 0.3 is 5.95 Å². The van der Waals surface area contributed by atoms with Crippen LogP contribution >= 0.6 is 0 Å².